The first-order chi connectivity index (χ1) is 10.1. The maximum absolute atomic E-state index is 13.4. The van der Waals surface area contributed by atoms with E-state index in [0.717, 1.165) is 18.9 Å². The molecule has 0 amide bonds. The number of nitrogens with one attached hydrogen (secondary N) is 1. The molecule has 3 rings (SSSR count). The maximum Gasteiger partial charge on any atom is 0.198 e. The third-order valence-electron chi connectivity index (χ3n) is 3.54. The van der Waals surface area contributed by atoms with Crippen LogP contribution in [0.25, 0.3) is 0 Å². The number of nitrogens with zero attached hydrogens (tertiary/aromatic N) is 3. The standard InChI is InChI=1S/C14H15F2N5/c15-10-6-9(7-11(16)8-10)12-2-1-5-21(12)14(17)19-13-3-4-18-20-13/h3-4,6-8,12H,1-2,5H2,(H3,17,18,19,20). The molecule has 110 valence electrons. The molecule has 21 heavy (non-hydrogen) atoms. The van der Waals surface area contributed by atoms with Crippen LogP contribution in [-0.4, -0.2) is 27.6 Å². The number of guanidine groups is 1. The van der Waals surface area contributed by atoms with Gasteiger partial charge in [-0.1, -0.05) is 0 Å². The van der Waals surface area contributed by atoms with Gasteiger partial charge in [0.25, 0.3) is 0 Å². The maximum atomic E-state index is 13.4. The van der Waals surface area contributed by atoms with Crippen molar-refractivity contribution in [3.05, 3.63) is 47.7 Å². The lowest BCUT2D eigenvalue weighted by atomic mass is 10.0. The number of H-pyrrole nitrogens is 1. The Morgan fingerprint density at radius 1 is 1.33 bits per heavy atom. The molecule has 1 aliphatic heterocycles. The summed E-state index contributed by atoms with van der Waals surface area (Å²) in [6, 6.07) is 5.08. The molecule has 1 atom stereocenters. The lowest BCUT2D eigenvalue weighted by Crippen LogP contribution is -2.36. The van der Waals surface area contributed by atoms with Crippen LogP contribution in [0.2, 0.25) is 0 Å². The van der Waals surface area contributed by atoms with Crippen molar-refractivity contribution < 1.29 is 8.78 Å². The highest BCUT2D eigenvalue weighted by molar-refractivity contribution is 5.81. The molecule has 2 heterocycles. The predicted molar refractivity (Wildman–Crippen MR) is 74.9 cm³/mol. The molecule has 1 saturated heterocycles. The zero-order valence-electron chi connectivity index (χ0n) is 11.3. The van der Waals surface area contributed by atoms with Crippen LogP contribution in [0, 0.1) is 11.6 Å². The molecule has 2 aromatic rings. The minimum Gasteiger partial charge on any atom is -0.369 e. The van der Waals surface area contributed by atoms with Crippen molar-refractivity contribution in [2.45, 2.75) is 18.9 Å². The van der Waals surface area contributed by atoms with E-state index in [1.165, 1.54) is 12.1 Å². The summed E-state index contributed by atoms with van der Waals surface area (Å²) < 4.78 is 26.8. The topological polar surface area (TPSA) is 70.3 Å². The molecule has 1 unspecified atom stereocenters. The van der Waals surface area contributed by atoms with E-state index < -0.39 is 11.6 Å². The Hall–Kier alpha value is -2.44. The quantitative estimate of drug-likeness (QED) is 0.659. The highest BCUT2D eigenvalue weighted by Crippen LogP contribution is 2.32. The normalized spacial score (nSPS) is 19.2. The van der Waals surface area contributed by atoms with E-state index >= 15 is 0 Å². The Balaban J connectivity index is 1.88. The predicted octanol–water partition coefficient (Wildman–Crippen LogP) is 2.47. The van der Waals surface area contributed by atoms with E-state index in [9.17, 15) is 8.78 Å². The van der Waals surface area contributed by atoms with Gasteiger partial charge in [0, 0.05) is 18.7 Å². The summed E-state index contributed by atoms with van der Waals surface area (Å²) >= 11 is 0. The number of halogens is 2. The van der Waals surface area contributed by atoms with Crippen molar-refractivity contribution in [3.63, 3.8) is 0 Å². The highest BCUT2D eigenvalue weighted by atomic mass is 19.1. The smallest absolute Gasteiger partial charge is 0.198 e. The van der Waals surface area contributed by atoms with Crippen molar-refractivity contribution in [2.24, 2.45) is 10.7 Å². The molecule has 0 spiro atoms. The minimum atomic E-state index is -0.582. The van der Waals surface area contributed by atoms with Crippen LogP contribution in [0.3, 0.4) is 0 Å². The molecule has 1 aromatic heterocycles. The first-order valence-corrected chi connectivity index (χ1v) is 6.69. The molecule has 0 aliphatic carbocycles. The summed E-state index contributed by atoms with van der Waals surface area (Å²) in [5.41, 5.74) is 6.59. The third kappa shape index (κ3) is 2.86. The number of nitrogens with two attached hydrogens (primary N) is 1. The van der Waals surface area contributed by atoms with Crippen LogP contribution in [0.4, 0.5) is 14.6 Å². The largest absolute Gasteiger partial charge is 0.369 e. The molecule has 0 radical (unpaired) electrons. The molecule has 5 nitrogen and oxygen atoms in total. The van der Waals surface area contributed by atoms with Crippen LogP contribution >= 0.6 is 0 Å². The number of aromatic amines is 1. The number of benzene rings is 1. The number of likely N-dealkylation sites (tertiary alicyclic amines) is 1. The molecular weight excluding hydrogens is 276 g/mol. The Kier molecular flexibility index (Phi) is 3.55. The van der Waals surface area contributed by atoms with E-state index in [1.54, 1.807) is 12.3 Å². The van der Waals surface area contributed by atoms with Crippen LogP contribution < -0.4 is 5.73 Å². The Morgan fingerprint density at radius 3 is 2.76 bits per heavy atom. The van der Waals surface area contributed by atoms with Crippen LogP contribution in [0.15, 0.2) is 35.5 Å². The highest BCUT2D eigenvalue weighted by Gasteiger charge is 2.28. The first kappa shape index (κ1) is 13.5. The molecule has 7 heteroatoms. The van der Waals surface area contributed by atoms with E-state index in [4.69, 9.17) is 5.73 Å². The molecule has 3 N–H and O–H groups in total. The summed E-state index contributed by atoms with van der Waals surface area (Å²) in [6.45, 7) is 0.701. The third-order valence-corrected chi connectivity index (χ3v) is 3.54. The average Bonchev–Trinajstić information content (AvgIpc) is 3.07. The van der Waals surface area contributed by atoms with Gasteiger partial charge in [0.15, 0.2) is 11.8 Å². The van der Waals surface area contributed by atoms with Gasteiger partial charge in [-0.15, -0.1) is 0 Å². The van der Waals surface area contributed by atoms with Gasteiger partial charge in [-0.2, -0.15) is 10.1 Å². The fourth-order valence-corrected chi connectivity index (χ4v) is 2.65. The fraction of sp³-hybridized carbons (Fsp3) is 0.286. The van der Waals surface area contributed by atoms with Gasteiger partial charge in [-0.05, 0) is 30.5 Å². The molecule has 1 aromatic carbocycles. The van der Waals surface area contributed by atoms with E-state index in [1.807, 2.05) is 4.90 Å². The summed E-state index contributed by atoms with van der Waals surface area (Å²) in [5.74, 6) is -0.308. The van der Waals surface area contributed by atoms with Crippen molar-refractivity contribution in [2.75, 3.05) is 6.54 Å². The zero-order chi connectivity index (χ0) is 14.8. The van der Waals surface area contributed by atoms with Gasteiger partial charge in [-0.25, -0.2) is 8.78 Å². The lowest BCUT2D eigenvalue weighted by Gasteiger charge is -2.25. The second kappa shape index (κ2) is 5.51. The Morgan fingerprint density at radius 2 is 2.10 bits per heavy atom. The number of hydrogen-bond donors (Lipinski definition) is 2. The van der Waals surface area contributed by atoms with Crippen LogP contribution in [0.5, 0.6) is 0 Å². The molecular formula is C14H15F2N5. The number of rotatable bonds is 2. The van der Waals surface area contributed by atoms with E-state index in [0.29, 0.717) is 23.9 Å². The monoisotopic (exact) mass is 291 g/mol. The molecule has 1 aliphatic rings. The number of aromatic nitrogens is 2. The average molecular weight is 291 g/mol. The first-order valence-electron chi connectivity index (χ1n) is 6.69. The van der Waals surface area contributed by atoms with Gasteiger partial charge < -0.3 is 10.6 Å². The van der Waals surface area contributed by atoms with Gasteiger partial charge in [-0.3, -0.25) is 5.10 Å². The molecule has 1 fully saturated rings. The van der Waals surface area contributed by atoms with Gasteiger partial charge >= 0.3 is 0 Å². The van der Waals surface area contributed by atoms with Crippen molar-refractivity contribution in [3.8, 4) is 0 Å². The van der Waals surface area contributed by atoms with Crippen molar-refractivity contribution in [1.29, 1.82) is 0 Å². The molecule has 0 saturated carbocycles. The second-order valence-electron chi connectivity index (χ2n) is 4.97. The van der Waals surface area contributed by atoms with Crippen LogP contribution in [0.1, 0.15) is 24.4 Å². The SMILES string of the molecule is NC(=Nc1ccn[nH]1)N1CCCC1c1cc(F)cc(F)c1. The lowest BCUT2D eigenvalue weighted by molar-refractivity contribution is 0.393. The van der Waals surface area contributed by atoms with Crippen LogP contribution in [-0.2, 0) is 0 Å². The Bertz CT molecular complexity index is 633. The van der Waals surface area contributed by atoms with Crippen molar-refractivity contribution in [1.82, 2.24) is 15.1 Å². The fourth-order valence-electron chi connectivity index (χ4n) is 2.65. The minimum absolute atomic E-state index is 0.165. The van der Waals surface area contributed by atoms with Gasteiger partial charge in [0.2, 0.25) is 0 Å². The second-order valence-corrected chi connectivity index (χ2v) is 4.97. The summed E-state index contributed by atoms with van der Waals surface area (Å²) in [5, 5.41) is 6.50. The number of hydrogen-bond acceptors (Lipinski definition) is 2. The summed E-state index contributed by atoms with van der Waals surface area (Å²) in [6.07, 6.45) is 3.25. The molecule has 0 bridgehead atoms. The number of aliphatic imine (C=N–C) groups is 1. The van der Waals surface area contributed by atoms with E-state index in [-0.39, 0.29) is 6.04 Å². The van der Waals surface area contributed by atoms with Crippen molar-refractivity contribution >= 4 is 11.8 Å². The summed E-state index contributed by atoms with van der Waals surface area (Å²) in [4.78, 5) is 6.09. The zero-order valence-corrected chi connectivity index (χ0v) is 11.3. The van der Waals surface area contributed by atoms with Gasteiger partial charge in [0.1, 0.15) is 11.6 Å². The Labute approximate surface area is 120 Å². The van der Waals surface area contributed by atoms with E-state index in [2.05, 4.69) is 15.2 Å². The van der Waals surface area contributed by atoms with Gasteiger partial charge in [0.05, 0.1) is 12.2 Å². The summed E-state index contributed by atoms with van der Waals surface area (Å²) in [7, 11) is 0.